The lowest BCUT2D eigenvalue weighted by Gasteiger charge is -2.44. The van der Waals surface area contributed by atoms with E-state index in [4.69, 9.17) is 16.2 Å². The summed E-state index contributed by atoms with van der Waals surface area (Å²) in [7, 11) is 0. The van der Waals surface area contributed by atoms with E-state index < -0.39 is 41.4 Å². The Morgan fingerprint density at radius 3 is 2.71 bits per heavy atom. The maximum atomic E-state index is 14.4. The van der Waals surface area contributed by atoms with Gasteiger partial charge in [-0.3, -0.25) is 9.78 Å². The summed E-state index contributed by atoms with van der Waals surface area (Å²) in [4.78, 5) is 24.7. The predicted octanol–water partition coefficient (Wildman–Crippen LogP) is 2.75. The highest BCUT2D eigenvalue weighted by Gasteiger charge is 2.43. The molecule has 178 valence electrons. The molecule has 0 spiro atoms. The summed E-state index contributed by atoms with van der Waals surface area (Å²) in [6.45, 7) is 3.37. The van der Waals surface area contributed by atoms with Crippen LogP contribution in [0.25, 0.3) is 11.3 Å². The largest absolute Gasteiger partial charge is 0.386 e. The zero-order valence-electron chi connectivity index (χ0n) is 18.7. The molecule has 1 fully saturated rings. The highest BCUT2D eigenvalue weighted by Crippen LogP contribution is 2.37. The van der Waals surface area contributed by atoms with Gasteiger partial charge in [0.15, 0.2) is 5.78 Å². The first-order chi connectivity index (χ1) is 16.1. The third-order valence-corrected chi connectivity index (χ3v) is 6.31. The van der Waals surface area contributed by atoms with Gasteiger partial charge in [-0.15, -0.1) is 0 Å². The van der Waals surface area contributed by atoms with E-state index in [1.54, 1.807) is 32.3 Å². The molecule has 34 heavy (non-hydrogen) atoms. The molecule has 3 aromatic heterocycles. The highest BCUT2D eigenvalue weighted by atomic mass is 19.1. The molecule has 0 aromatic carbocycles. The van der Waals surface area contributed by atoms with E-state index in [2.05, 4.69) is 15.0 Å². The van der Waals surface area contributed by atoms with Crippen LogP contribution >= 0.6 is 0 Å². The Labute approximate surface area is 195 Å². The molecular formula is C24H25F2N5O3. The second-order valence-electron chi connectivity index (χ2n) is 8.61. The van der Waals surface area contributed by atoms with Gasteiger partial charge in [-0.05, 0) is 61.7 Å². The summed E-state index contributed by atoms with van der Waals surface area (Å²) >= 11 is 0. The van der Waals surface area contributed by atoms with E-state index in [-0.39, 0.29) is 29.2 Å². The molecule has 0 bridgehead atoms. The Morgan fingerprint density at radius 2 is 2.00 bits per heavy atom. The molecule has 0 amide bonds. The molecule has 5 N–H and O–H groups in total. The molecule has 8 nitrogen and oxygen atoms in total. The van der Waals surface area contributed by atoms with E-state index in [0.29, 0.717) is 12.0 Å². The molecule has 0 saturated carbocycles. The molecule has 4 heterocycles. The molecule has 4 rings (SSSR count). The zero-order chi connectivity index (χ0) is 24.6. The summed E-state index contributed by atoms with van der Waals surface area (Å²) in [6.07, 6.45) is 2.42. The minimum absolute atomic E-state index is 0.0417. The number of halogens is 2. The van der Waals surface area contributed by atoms with Crippen LogP contribution in [0.4, 0.5) is 14.6 Å². The van der Waals surface area contributed by atoms with Crippen LogP contribution in [0.1, 0.15) is 48.0 Å². The number of nitrogens with two attached hydrogens (primary N) is 2. The molecule has 1 saturated heterocycles. The van der Waals surface area contributed by atoms with Crippen LogP contribution in [0.2, 0.25) is 0 Å². The van der Waals surface area contributed by atoms with Gasteiger partial charge in [0.05, 0.1) is 17.8 Å². The van der Waals surface area contributed by atoms with Crippen molar-refractivity contribution in [3.05, 3.63) is 71.3 Å². The lowest BCUT2D eigenvalue weighted by molar-refractivity contribution is -0.171. The SMILES string of the molecule is C[C@H]1O[C@@H](c2ccncc2CC(=O)c2ccc(F)c(-c3ccc(N)nc3F)n2)C[C@@H](N)[C@]1(C)O. The van der Waals surface area contributed by atoms with Gasteiger partial charge in [0.1, 0.15) is 28.6 Å². The highest BCUT2D eigenvalue weighted by molar-refractivity contribution is 5.96. The molecule has 0 radical (unpaired) electrons. The molecule has 4 atom stereocenters. The van der Waals surface area contributed by atoms with Gasteiger partial charge in [-0.1, -0.05) is 0 Å². The Bertz CT molecular complexity index is 1220. The topological polar surface area (TPSA) is 137 Å². The number of pyridine rings is 3. The number of aliphatic hydroxyl groups is 1. The summed E-state index contributed by atoms with van der Waals surface area (Å²) in [5, 5.41) is 10.5. The molecule has 1 aliphatic heterocycles. The van der Waals surface area contributed by atoms with Crippen molar-refractivity contribution in [2.75, 3.05) is 5.73 Å². The third-order valence-electron chi connectivity index (χ3n) is 6.31. The number of aromatic nitrogens is 3. The molecule has 10 heteroatoms. The number of rotatable bonds is 5. The number of hydrogen-bond acceptors (Lipinski definition) is 8. The fraction of sp³-hybridized carbons (Fsp3) is 0.333. The van der Waals surface area contributed by atoms with Crippen molar-refractivity contribution in [1.82, 2.24) is 15.0 Å². The summed E-state index contributed by atoms with van der Waals surface area (Å²) in [6, 6.07) is 6.10. The second-order valence-corrected chi connectivity index (χ2v) is 8.61. The van der Waals surface area contributed by atoms with Crippen molar-refractivity contribution >= 4 is 11.6 Å². The Kier molecular flexibility index (Phi) is 6.39. The normalized spacial score (nSPS) is 24.7. The number of nitrogen functional groups attached to an aromatic ring is 1. The fourth-order valence-electron chi connectivity index (χ4n) is 3.99. The number of hydrogen-bond donors (Lipinski definition) is 3. The second kappa shape index (κ2) is 9.13. The summed E-state index contributed by atoms with van der Waals surface area (Å²) < 4.78 is 34.7. The van der Waals surface area contributed by atoms with E-state index >= 15 is 0 Å². The first-order valence-corrected chi connectivity index (χ1v) is 10.8. The van der Waals surface area contributed by atoms with Gasteiger partial charge in [0.2, 0.25) is 5.95 Å². The quantitative estimate of drug-likeness (QED) is 0.383. The summed E-state index contributed by atoms with van der Waals surface area (Å²) in [5.41, 5.74) is 11.2. The van der Waals surface area contributed by atoms with Crippen molar-refractivity contribution in [3.8, 4) is 11.3 Å². The smallest absolute Gasteiger partial charge is 0.224 e. The Hall–Kier alpha value is -3.34. The van der Waals surface area contributed by atoms with Gasteiger partial charge < -0.3 is 21.3 Å². The number of carbonyl (C=O) groups is 1. The average Bonchev–Trinajstić information content (AvgIpc) is 2.78. The predicted molar refractivity (Wildman–Crippen MR) is 121 cm³/mol. The van der Waals surface area contributed by atoms with E-state index in [9.17, 15) is 18.7 Å². The summed E-state index contributed by atoms with van der Waals surface area (Å²) in [5.74, 6) is -2.26. The maximum Gasteiger partial charge on any atom is 0.224 e. The van der Waals surface area contributed by atoms with E-state index in [1.165, 1.54) is 18.2 Å². The van der Waals surface area contributed by atoms with Crippen molar-refractivity contribution in [3.63, 3.8) is 0 Å². The van der Waals surface area contributed by atoms with Crippen molar-refractivity contribution in [1.29, 1.82) is 0 Å². The number of Topliss-reactive ketones (excluding diaryl/α,β-unsaturated/α-hetero) is 1. The number of carbonyl (C=O) groups excluding carboxylic acids is 1. The maximum absolute atomic E-state index is 14.4. The molecule has 0 unspecified atom stereocenters. The van der Waals surface area contributed by atoms with Crippen molar-refractivity contribution in [2.24, 2.45) is 5.73 Å². The molecular weight excluding hydrogens is 444 g/mol. The Balaban J connectivity index is 1.61. The molecule has 3 aromatic rings. The molecule has 1 aliphatic rings. The van der Waals surface area contributed by atoms with Gasteiger partial charge in [-0.2, -0.15) is 4.39 Å². The third kappa shape index (κ3) is 4.52. The van der Waals surface area contributed by atoms with Crippen LogP contribution in [-0.4, -0.2) is 43.6 Å². The lowest BCUT2D eigenvalue weighted by Crippen LogP contribution is -2.58. The van der Waals surface area contributed by atoms with E-state index in [1.807, 2.05) is 0 Å². The van der Waals surface area contributed by atoms with Gasteiger partial charge in [0.25, 0.3) is 0 Å². The van der Waals surface area contributed by atoms with Crippen LogP contribution < -0.4 is 11.5 Å². The number of ketones is 1. The minimum Gasteiger partial charge on any atom is -0.386 e. The van der Waals surface area contributed by atoms with Crippen LogP contribution in [0.3, 0.4) is 0 Å². The van der Waals surface area contributed by atoms with Crippen molar-refractivity contribution < 1.29 is 23.4 Å². The number of anilines is 1. The van der Waals surface area contributed by atoms with Crippen LogP contribution in [-0.2, 0) is 11.2 Å². The van der Waals surface area contributed by atoms with Crippen LogP contribution in [0, 0.1) is 11.8 Å². The number of nitrogens with zero attached hydrogens (tertiary/aromatic N) is 3. The average molecular weight is 469 g/mol. The standard InChI is InChI=1S/C24H25F2N5O3/c1-12-24(2,33)20(27)10-19(34-12)14-7-8-29-11-13(14)9-18(32)17-5-4-16(25)22(30-17)15-3-6-21(28)31-23(15)26/h3-8,11-12,19-20,33H,9-10,27H2,1-2H3,(H2,28,31)/t12-,19-,20-,24-/m1/s1. The fourth-order valence-corrected chi connectivity index (χ4v) is 3.99. The lowest BCUT2D eigenvalue weighted by atomic mass is 9.82. The first kappa shape index (κ1) is 23.8. The van der Waals surface area contributed by atoms with Crippen molar-refractivity contribution in [2.45, 2.75) is 50.5 Å². The minimum atomic E-state index is -1.18. The van der Waals surface area contributed by atoms with Crippen LogP contribution in [0.15, 0.2) is 42.7 Å². The van der Waals surface area contributed by atoms with Gasteiger partial charge in [-0.25, -0.2) is 14.4 Å². The zero-order valence-corrected chi connectivity index (χ0v) is 18.7. The monoisotopic (exact) mass is 469 g/mol. The first-order valence-electron chi connectivity index (χ1n) is 10.8. The number of ether oxygens (including phenoxy) is 1. The Morgan fingerprint density at radius 1 is 1.24 bits per heavy atom. The van der Waals surface area contributed by atoms with Gasteiger partial charge >= 0.3 is 0 Å². The molecule has 0 aliphatic carbocycles. The van der Waals surface area contributed by atoms with E-state index in [0.717, 1.165) is 11.6 Å². The van der Waals surface area contributed by atoms with Crippen LogP contribution in [0.5, 0.6) is 0 Å². The van der Waals surface area contributed by atoms with Gasteiger partial charge in [0, 0.05) is 24.9 Å².